The summed E-state index contributed by atoms with van der Waals surface area (Å²) in [5.41, 5.74) is -0.932. The van der Waals surface area contributed by atoms with Gasteiger partial charge in [-0.3, -0.25) is 20.2 Å². The number of nitrogens with two attached hydrogens (primary N) is 2. The topological polar surface area (TPSA) is 366 Å². The summed E-state index contributed by atoms with van der Waals surface area (Å²) in [5.74, 6) is -1.75. The van der Waals surface area contributed by atoms with Crippen LogP contribution in [0, 0.1) is 42.9 Å². The molecule has 0 radical (unpaired) electrons. The fourth-order valence-electron chi connectivity index (χ4n) is 4.49. The van der Waals surface area contributed by atoms with Crippen LogP contribution in [-0.2, 0) is 40.1 Å². The summed E-state index contributed by atoms with van der Waals surface area (Å²) in [5, 5.41) is 51.7. The van der Waals surface area contributed by atoms with E-state index < -0.39 is 92.4 Å². The van der Waals surface area contributed by atoms with E-state index in [1.807, 2.05) is 12.1 Å². The largest absolute Gasteiger partial charge is 0.456 e. The van der Waals surface area contributed by atoms with Gasteiger partial charge in [0.1, 0.15) is 32.8 Å². The van der Waals surface area contributed by atoms with E-state index in [1.54, 1.807) is 0 Å². The maximum atomic E-state index is 13.0. The van der Waals surface area contributed by atoms with Crippen LogP contribution in [0.4, 0.5) is 11.4 Å². The van der Waals surface area contributed by atoms with Crippen molar-refractivity contribution >= 4 is 63.9 Å². The number of rotatable bonds is 17. The second kappa shape index (κ2) is 19.6. The molecule has 26 heteroatoms. The summed E-state index contributed by atoms with van der Waals surface area (Å²) in [6.07, 6.45) is 4.27. The summed E-state index contributed by atoms with van der Waals surface area (Å²) >= 11 is 0. The Balaban J connectivity index is 1.91. The SMILES string of the molecule is N#Cc1ccc(OC(/C=C/C=C/C(Oc2ccc(C#N)cc2)=C(\C=N\S(=O)(=O)c2cccc([N+](=O)[O-])c2)S(N)(=O)=O)=C(/C=N/S(=O)(=O)c2cccc([N+](=O)[O-])c2)S(N)(=O)=O)cc1. The summed E-state index contributed by atoms with van der Waals surface area (Å²) in [6, 6.07) is 21.1. The van der Waals surface area contributed by atoms with E-state index in [0.29, 0.717) is 12.1 Å². The van der Waals surface area contributed by atoms with Gasteiger partial charge in [-0.05, 0) is 72.8 Å². The Morgan fingerprint density at radius 1 is 0.581 bits per heavy atom. The molecule has 0 aliphatic carbocycles. The molecule has 4 aromatic carbocycles. The van der Waals surface area contributed by atoms with E-state index in [-0.39, 0.29) is 35.1 Å². The summed E-state index contributed by atoms with van der Waals surface area (Å²) < 4.78 is 122. The number of allylic oxidation sites excluding steroid dienone is 6. The van der Waals surface area contributed by atoms with E-state index in [9.17, 15) is 64.4 Å². The van der Waals surface area contributed by atoms with Gasteiger partial charge in [-0.15, -0.1) is 0 Å². The van der Waals surface area contributed by atoms with Gasteiger partial charge in [-0.25, -0.2) is 27.1 Å². The lowest BCUT2D eigenvalue weighted by Crippen LogP contribution is -2.19. The van der Waals surface area contributed by atoms with Crippen LogP contribution in [0.15, 0.2) is 161 Å². The normalized spacial score (nSPS) is 13.4. The summed E-state index contributed by atoms with van der Waals surface area (Å²) in [7, 11) is -19.6. The lowest BCUT2D eigenvalue weighted by atomic mass is 10.2. The number of nitro benzene ring substituents is 2. The second-order valence-corrected chi connectivity index (χ2v) is 18.0. The van der Waals surface area contributed by atoms with Crippen LogP contribution in [0.25, 0.3) is 0 Å². The van der Waals surface area contributed by atoms with Crippen LogP contribution in [0.3, 0.4) is 0 Å². The first-order valence-electron chi connectivity index (χ1n) is 16.4. The van der Waals surface area contributed by atoms with Crippen molar-refractivity contribution < 1.29 is 53.0 Å². The average Bonchev–Trinajstić information content (AvgIpc) is 3.21. The molecule has 0 saturated carbocycles. The Morgan fingerprint density at radius 2 is 0.919 bits per heavy atom. The predicted octanol–water partition coefficient (Wildman–Crippen LogP) is 3.74. The van der Waals surface area contributed by atoms with Gasteiger partial charge in [-0.2, -0.15) is 36.2 Å². The highest BCUT2D eigenvalue weighted by Crippen LogP contribution is 2.24. The number of nitro groups is 2. The minimum Gasteiger partial charge on any atom is -0.456 e. The molecule has 62 heavy (non-hydrogen) atoms. The molecule has 0 aromatic heterocycles. The molecule has 0 aliphatic heterocycles. The summed E-state index contributed by atoms with van der Waals surface area (Å²) in [4.78, 5) is 17.1. The lowest BCUT2D eigenvalue weighted by Gasteiger charge is -2.11. The zero-order valence-corrected chi connectivity index (χ0v) is 34.2. The van der Waals surface area contributed by atoms with Gasteiger partial charge in [0.2, 0.25) is 20.0 Å². The number of non-ortho nitro benzene ring substituents is 2. The zero-order valence-electron chi connectivity index (χ0n) is 30.9. The number of sulfonamides is 4. The van der Waals surface area contributed by atoms with Gasteiger partial charge in [0.15, 0.2) is 0 Å². The number of ether oxygens (including phenoxy) is 2. The van der Waals surface area contributed by atoms with Crippen LogP contribution >= 0.6 is 0 Å². The first-order valence-corrected chi connectivity index (χ1v) is 22.4. The van der Waals surface area contributed by atoms with Crippen LogP contribution in [0.1, 0.15) is 11.1 Å². The maximum absolute atomic E-state index is 13.0. The Hall–Kier alpha value is -7.72. The van der Waals surface area contributed by atoms with Crippen molar-refractivity contribution in [3.05, 3.63) is 174 Å². The van der Waals surface area contributed by atoms with Crippen molar-refractivity contribution in [1.82, 2.24) is 0 Å². The molecule has 0 saturated heterocycles. The minimum absolute atomic E-state index is 0.133. The molecule has 0 spiro atoms. The first-order chi connectivity index (χ1) is 29.0. The quantitative estimate of drug-likeness (QED) is 0.0501. The van der Waals surface area contributed by atoms with Crippen LogP contribution in [0.5, 0.6) is 11.5 Å². The van der Waals surface area contributed by atoms with Gasteiger partial charge in [0.25, 0.3) is 31.4 Å². The molecular weight excluding hydrogens is 897 g/mol. The molecule has 4 aromatic rings. The number of primary sulfonamides is 2. The maximum Gasteiger partial charge on any atom is 0.282 e. The molecule has 0 heterocycles. The third kappa shape index (κ3) is 12.9. The third-order valence-electron chi connectivity index (χ3n) is 7.40. The Labute approximate surface area is 352 Å². The molecule has 0 fully saturated rings. The van der Waals surface area contributed by atoms with Crippen molar-refractivity contribution in [2.45, 2.75) is 9.79 Å². The van der Waals surface area contributed by atoms with Crippen molar-refractivity contribution in [2.75, 3.05) is 0 Å². The van der Waals surface area contributed by atoms with Crippen molar-refractivity contribution in [3.63, 3.8) is 0 Å². The monoisotopic (exact) mass is 922 g/mol. The Morgan fingerprint density at radius 3 is 1.21 bits per heavy atom. The highest BCUT2D eigenvalue weighted by Gasteiger charge is 2.23. The number of benzene rings is 4. The van der Waals surface area contributed by atoms with E-state index in [1.165, 1.54) is 48.5 Å². The molecule has 0 aliphatic rings. The van der Waals surface area contributed by atoms with Gasteiger partial charge < -0.3 is 9.47 Å². The number of nitriles is 2. The predicted molar refractivity (Wildman–Crippen MR) is 220 cm³/mol. The fraction of sp³-hybridized carbons (Fsp3) is 0. The van der Waals surface area contributed by atoms with Gasteiger partial charge >= 0.3 is 0 Å². The molecule has 4 N–H and O–H groups in total. The van der Waals surface area contributed by atoms with Gasteiger partial charge in [0.05, 0.1) is 55.3 Å². The second-order valence-electron chi connectivity index (χ2n) is 11.7. The standard InChI is InChI=1S/C36H26N8O14S4/c37-21-25-11-15-29(16-12-25)57-33(35(59(39,49)50)23-41-61(53,54)31-7-3-5-27(19-31)43(45)46)9-1-2-10-34(58-30-17-13-26(22-38)14-18-30)36(60(40,51)52)24-42-62(55,56)32-8-4-6-28(20-32)44(47)48/h1-20,23-24H,(H2,39,49,50)(H2,40,51,52)/b9-1+,10-2+,35-33-,36-34-,41-23+,42-24+. The fourth-order valence-corrected chi connectivity index (χ4v) is 7.58. The van der Waals surface area contributed by atoms with Gasteiger partial charge in [-0.1, -0.05) is 24.3 Å². The van der Waals surface area contributed by atoms with Crippen LogP contribution < -0.4 is 19.8 Å². The van der Waals surface area contributed by atoms with Crippen LogP contribution in [-0.4, -0.2) is 55.9 Å². The van der Waals surface area contributed by atoms with E-state index >= 15 is 0 Å². The highest BCUT2D eigenvalue weighted by molar-refractivity contribution is 7.94. The minimum atomic E-state index is -4.97. The Kier molecular flexibility index (Phi) is 14.8. The van der Waals surface area contributed by atoms with E-state index in [4.69, 9.17) is 19.8 Å². The van der Waals surface area contributed by atoms with E-state index in [2.05, 4.69) is 8.80 Å². The number of nitrogens with zero attached hydrogens (tertiary/aromatic N) is 6. The molecule has 0 amide bonds. The molecular formula is C36H26N8O14S4. The average molecular weight is 923 g/mol. The third-order valence-corrected chi connectivity index (χ3v) is 11.7. The Bertz CT molecular complexity index is 2950. The first kappa shape index (κ1) is 47.0. The van der Waals surface area contributed by atoms with E-state index in [0.717, 1.165) is 60.7 Å². The molecule has 318 valence electrons. The van der Waals surface area contributed by atoms with Crippen molar-refractivity contribution in [1.29, 1.82) is 10.5 Å². The molecule has 0 atom stereocenters. The van der Waals surface area contributed by atoms with Crippen molar-refractivity contribution in [3.8, 4) is 23.6 Å². The molecule has 0 unspecified atom stereocenters. The molecule has 4 rings (SSSR count). The van der Waals surface area contributed by atoms with Gasteiger partial charge in [0, 0.05) is 24.3 Å². The zero-order chi connectivity index (χ0) is 45.9. The van der Waals surface area contributed by atoms with Crippen LogP contribution in [0.2, 0.25) is 0 Å². The molecule has 22 nitrogen and oxygen atoms in total. The number of hydrogen-bond acceptors (Lipinski definition) is 16. The molecule has 0 bridgehead atoms. The highest BCUT2D eigenvalue weighted by atomic mass is 32.2. The smallest absolute Gasteiger partial charge is 0.282 e. The number of hydrogen-bond donors (Lipinski definition) is 2. The van der Waals surface area contributed by atoms with Crippen molar-refractivity contribution in [2.24, 2.45) is 19.1 Å². The summed E-state index contributed by atoms with van der Waals surface area (Å²) in [6.45, 7) is 0. The lowest BCUT2D eigenvalue weighted by molar-refractivity contribution is -0.385.